The average Bonchev–Trinajstić information content (AvgIpc) is 2.61. The fraction of sp³-hybridized carbons (Fsp3) is 0.696. The third-order valence-corrected chi connectivity index (χ3v) is 5.13. The van der Waals surface area contributed by atoms with Crippen LogP contribution >= 0.6 is 0 Å². The van der Waals surface area contributed by atoms with Crippen LogP contribution in [0.4, 0.5) is 0 Å². The number of rotatable bonds is 13. The molecule has 0 amide bonds. The third kappa shape index (κ3) is 7.11. The Hall–Kier alpha value is -1.35. The van der Waals surface area contributed by atoms with E-state index in [2.05, 4.69) is 27.7 Å². The Morgan fingerprint density at radius 1 is 0.731 bits per heavy atom. The van der Waals surface area contributed by atoms with Crippen LogP contribution in [0.3, 0.4) is 0 Å². The Morgan fingerprint density at radius 3 is 1.62 bits per heavy atom. The van der Waals surface area contributed by atoms with Crippen LogP contribution in [0.25, 0.3) is 0 Å². The van der Waals surface area contributed by atoms with Crippen molar-refractivity contribution in [1.29, 1.82) is 0 Å². The van der Waals surface area contributed by atoms with E-state index in [0.717, 1.165) is 69.8 Å². The lowest BCUT2D eigenvalue weighted by Crippen LogP contribution is -2.13. The van der Waals surface area contributed by atoms with Gasteiger partial charge in [0.05, 0.1) is 5.56 Å². The molecule has 0 saturated heterocycles. The van der Waals surface area contributed by atoms with Crippen LogP contribution in [0, 0.1) is 0 Å². The molecular formula is C23H41NO2. The minimum absolute atomic E-state index is 0. The average molecular weight is 364 g/mol. The summed E-state index contributed by atoms with van der Waals surface area (Å²) in [6.07, 6.45) is 13.2. The van der Waals surface area contributed by atoms with E-state index in [9.17, 15) is 9.90 Å². The second-order valence-electron chi connectivity index (χ2n) is 7.24. The molecule has 0 aliphatic carbocycles. The number of unbranched alkanes of at least 4 members (excludes halogenated alkanes) is 4. The van der Waals surface area contributed by atoms with Crippen LogP contribution in [0.5, 0.6) is 0 Å². The predicted molar refractivity (Wildman–Crippen MR) is 113 cm³/mol. The maximum Gasteiger partial charge on any atom is 0.335 e. The van der Waals surface area contributed by atoms with Gasteiger partial charge in [-0.1, -0.05) is 53.4 Å². The summed E-state index contributed by atoms with van der Waals surface area (Å²) >= 11 is 0. The number of hydrogen-bond donors (Lipinski definition) is 2. The molecule has 1 aromatic carbocycles. The molecule has 0 saturated carbocycles. The lowest BCUT2D eigenvalue weighted by Gasteiger charge is -2.22. The highest BCUT2D eigenvalue weighted by atomic mass is 16.4. The molecule has 0 atom stereocenters. The van der Waals surface area contributed by atoms with E-state index < -0.39 is 5.97 Å². The van der Waals surface area contributed by atoms with E-state index >= 15 is 0 Å². The first-order valence-corrected chi connectivity index (χ1v) is 10.5. The number of benzene rings is 1. The van der Waals surface area contributed by atoms with Crippen molar-refractivity contribution in [3.8, 4) is 0 Å². The summed E-state index contributed by atoms with van der Waals surface area (Å²) in [4.78, 5) is 12.0. The molecular weight excluding hydrogens is 322 g/mol. The highest BCUT2D eigenvalue weighted by Gasteiger charge is 2.20. The number of hydrogen-bond acceptors (Lipinski definition) is 2. The van der Waals surface area contributed by atoms with Gasteiger partial charge in [-0.2, -0.15) is 0 Å². The van der Waals surface area contributed by atoms with Gasteiger partial charge < -0.3 is 11.3 Å². The van der Waals surface area contributed by atoms with Crippen LogP contribution in [-0.4, -0.2) is 11.1 Å². The predicted octanol–water partition coefficient (Wildman–Crippen LogP) is 6.92. The summed E-state index contributed by atoms with van der Waals surface area (Å²) in [6, 6.07) is 2.02. The third-order valence-electron chi connectivity index (χ3n) is 5.13. The molecule has 26 heavy (non-hydrogen) atoms. The first-order valence-electron chi connectivity index (χ1n) is 10.5. The highest BCUT2D eigenvalue weighted by Crippen LogP contribution is 2.30. The monoisotopic (exact) mass is 363 g/mol. The minimum Gasteiger partial charge on any atom is -0.478 e. The van der Waals surface area contributed by atoms with Gasteiger partial charge in [-0.3, -0.25) is 0 Å². The smallest absolute Gasteiger partial charge is 0.335 e. The summed E-state index contributed by atoms with van der Waals surface area (Å²) in [5.41, 5.74) is 5.88. The van der Waals surface area contributed by atoms with Crippen molar-refractivity contribution < 1.29 is 9.90 Å². The lowest BCUT2D eigenvalue weighted by molar-refractivity contribution is 0.0695. The molecule has 3 nitrogen and oxygen atoms in total. The first kappa shape index (κ1) is 24.7. The van der Waals surface area contributed by atoms with Gasteiger partial charge >= 0.3 is 5.97 Å². The first-order chi connectivity index (χ1) is 12.1. The van der Waals surface area contributed by atoms with Crippen LogP contribution < -0.4 is 6.15 Å². The van der Waals surface area contributed by atoms with Gasteiger partial charge in [0.25, 0.3) is 0 Å². The Morgan fingerprint density at radius 2 is 1.15 bits per heavy atom. The zero-order chi connectivity index (χ0) is 18.7. The fourth-order valence-electron chi connectivity index (χ4n) is 3.63. The number of carbonyl (C=O) groups is 1. The number of aryl methyl sites for hydroxylation is 1. The van der Waals surface area contributed by atoms with Gasteiger partial charge in [0, 0.05) is 0 Å². The molecule has 0 spiro atoms. The topological polar surface area (TPSA) is 72.3 Å². The summed E-state index contributed by atoms with van der Waals surface area (Å²) < 4.78 is 0. The van der Waals surface area contributed by atoms with Gasteiger partial charge in [-0.15, -0.1) is 0 Å². The second kappa shape index (κ2) is 13.8. The molecule has 4 N–H and O–H groups in total. The van der Waals surface area contributed by atoms with Crippen molar-refractivity contribution in [3.05, 3.63) is 33.9 Å². The van der Waals surface area contributed by atoms with Crippen molar-refractivity contribution in [2.45, 2.75) is 105 Å². The van der Waals surface area contributed by atoms with Gasteiger partial charge in [0.15, 0.2) is 0 Å². The van der Waals surface area contributed by atoms with Gasteiger partial charge in [-0.05, 0) is 79.7 Å². The van der Waals surface area contributed by atoms with E-state index in [1.54, 1.807) is 0 Å². The molecule has 0 heterocycles. The van der Waals surface area contributed by atoms with E-state index in [1.807, 2.05) is 6.07 Å². The van der Waals surface area contributed by atoms with Crippen molar-refractivity contribution in [2.75, 3.05) is 0 Å². The zero-order valence-corrected chi connectivity index (χ0v) is 17.6. The van der Waals surface area contributed by atoms with E-state index in [0.29, 0.717) is 5.56 Å². The molecule has 0 fully saturated rings. The molecule has 1 rings (SSSR count). The number of carboxylic acids is 1. The molecule has 0 aliphatic rings. The highest BCUT2D eigenvalue weighted by molar-refractivity contribution is 5.90. The molecule has 0 bridgehead atoms. The summed E-state index contributed by atoms with van der Waals surface area (Å²) in [7, 11) is 0. The lowest BCUT2D eigenvalue weighted by atomic mass is 9.83. The van der Waals surface area contributed by atoms with Gasteiger partial charge in [0.1, 0.15) is 0 Å². The van der Waals surface area contributed by atoms with Crippen molar-refractivity contribution in [3.63, 3.8) is 0 Å². The van der Waals surface area contributed by atoms with E-state index in [-0.39, 0.29) is 6.15 Å². The fourth-order valence-corrected chi connectivity index (χ4v) is 3.63. The van der Waals surface area contributed by atoms with Crippen LogP contribution in [0.2, 0.25) is 0 Å². The molecule has 0 radical (unpaired) electrons. The number of aromatic carboxylic acids is 1. The minimum atomic E-state index is -0.747. The molecule has 0 unspecified atom stereocenters. The van der Waals surface area contributed by atoms with Crippen LogP contribution in [-0.2, 0) is 25.7 Å². The Labute approximate surface area is 161 Å². The molecule has 150 valence electrons. The molecule has 3 heteroatoms. The molecule has 0 aliphatic heterocycles. The van der Waals surface area contributed by atoms with Crippen molar-refractivity contribution in [2.24, 2.45) is 0 Å². The van der Waals surface area contributed by atoms with Crippen LogP contribution in [0.1, 0.15) is 112 Å². The van der Waals surface area contributed by atoms with E-state index in [1.165, 1.54) is 29.5 Å². The quantitative estimate of drug-likeness (QED) is 0.399. The maximum atomic E-state index is 12.0. The van der Waals surface area contributed by atoms with E-state index in [4.69, 9.17) is 0 Å². The molecule has 1 aromatic rings. The normalized spacial score (nSPS) is 10.6. The largest absolute Gasteiger partial charge is 0.478 e. The number of carboxylic acid groups (broad SMARTS) is 1. The zero-order valence-electron chi connectivity index (χ0n) is 17.6. The second-order valence-corrected chi connectivity index (χ2v) is 7.24. The summed E-state index contributed by atoms with van der Waals surface area (Å²) in [5, 5.41) is 9.83. The molecule has 0 aromatic heterocycles. The van der Waals surface area contributed by atoms with Crippen molar-refractivity contribution in [1.82, 2.24) is 6.15 Å². The Bertz CT molecular complexity index is 537. The SMILES string of the molecule is CCCCc1cc(C(=O)O)c(CCCC)c(CCCC)c1CCCC.N. The standard InChI is InChI=1S/C23H38O2.H3N/c1-5-9-13-18-17-22(23(24)25)21(16-12-8-4)20(15-11-7-3)19(18)14-10-6-2;/h17H,5-16H2,1-4H3,(H,24,25);1H3. The van der Waals surface area contributed by atoms with Crippen molar-refractivity contribution >= 4 is 5.97 Å². The Kier molecular flexibility index (Phi) is 13.1. The van der Waals surface area contributed by atoms with Crippen LogP contribution in [0.15, 0.2) is 6.07 Å². The van der Waals surface area contributed by atoms with Gasteiger partial charge in [-0.25, -0.2) is 4.79 Å². The van der Waals surface area contributed by atoms with Gasteiger partial charge in [0.2, 0.25) is 0 Å². The summed E-state index contributed by atoms with van der Waals surface area (Å²) in [5.74, 6) is -0.747. The summed E-state index contributed by atoms with van der Waals surface area (Å²) in [6.45, 7) is 8.84. The Balaban J connectivity index is 0.00000625. The maximum absolute atomic E-state index is 12.0.